The molecule has 0 aliphatic carbocycles. The molecule has 1 fully saturated rings. The summed E-state index contributed by atoms with van der Waals surface area (Å²) < 4.78 is 1.28. The zero-order valence-electron chi connectivity index (χ0n) is 16.0. The molecule has 1 atom stereocenters. The lowest BCUT2D eigenvalue weighted by molar-refractivity contribution is 0.157. The number of benzene rings is 1. The first-order valence-corrected chi connectivity index (χ1v) is 10.1. The van der Waals surface area contributed by atoms with Crippen molar-refractivity contribution in [3.05, 3.63) is 35.1 Å². The van der Waals surface area contributed by atoms with Gasteiger partial charge in [0.05, 0.1) is 21.3 Å². The number of piperidine rings is 1. The number of nitrogens with two attached hydrogens (primary N) is 1. The van der Waals surface area contributed by atoms with Crippen LogP contribution in [0, 0.1) is 0 Å². The van der Waals surface area contributed by atoms with Gasteiger partial charge in [0, 0.05) is 20.0 Å². The first-order valence-electron chi connectivity index (χ1n) is 9.29. The van der Waals surface area contributed by atoms with Gasteiger partial charge in [-0.2, -0.15) is 15.0 Å². The van der Waals surface area contributed by atoms with E-state index < -0.39 is 0 Å². The molecule has 142 valence electrons. The number of nitrogen functional groups attached to an aromatic ring is 1. The molecule has 8 heteroatoms. The Balaban J connectivity index is 1.45. The van der Waals surface area contributed by atoms with E-state index in [-0.39, 0.29) is 12.0 Å². The van der Waals surface area contributed by atoms with Gasteiger partial charge in [0.1, 0.15) is 0 Å². The van der Waals surface area contributed by atoms with E-state index in [2.05, 4.69) is 51.0 Å². The third-order valence-corrected chi connectivity index (χ3v) is 6.37. The number of hydrogen-bond acceptors (Lipinski definition) is 8. The largest absolute Gasteiger partial charge is 0.368 e. The van der Waals surface area contributed by atoms with Crippen LogP contribution < -0.4 is 10.6 Å². The number of nitrogens with zero attached hydrogens (tertiary/aromatic N) is 6. The van der Waals surface area contributed by atoms with Crippen molar-refractivity contribution in [2.75, 3.05) is 37.8 Å². The van der Waals surface area contributed by atoms with Crippen LogP contribution in [0.15, 0.2) is 24.3 Å². The summed E-state index contributed by atoms with van der Waals surface area (Å²) in [4.78, 5) is 22.3. The lowest BCUT2D eigenvalue weighted by Gasteiger charge is -2.34. The van der Waals surface area contributed by atoms with E-state index in [1.54, 1.807) is 0 Å². The van der Waals surface area contributed by atoms with Crippen molar-refractivity contribution >= 4 is 33.5 Å². The van der Waals surface area contributed by atoms with E-state index in [1.807, 2.05) is 30.3 Å². The predicted molar refractivity (Wildman–Crippen MR) is 110 cm³/mol. The highest BCUT2D eigenvalue weighted by molar-refractivity contribution is 7.18. The fourth-order valence-electron chi connectivity index (χ4n) is 3.55. The average molecular weight is 384 g/mol. The molecule has 1 aliphatic rings. The van der Waals surface area contributed by atoms with Crippen molar-refractivity contribution < 1.29 is 0 Å². The molecule has 27 heavy (non-hydrogen) atoms. The molecule has 7 nitrogen and oxygen atoms in total. The summed E-state index contributed by atoms with van der Waals surface area (Å²) in [7, 11) is 3.82. The molecule has 0 radical (unpaired) electrons. The Hall–Kier alpha value is -2.32. The van der Waals surface area contributed by atoms with E-state index in [9.17, 15) is 0 Å². The minimum Gasteiger partial charge on any atom is -0.368 e. The molecule has 1 aliphatic heterocycles. The van der Waals surface area contributed by atoms with Gasteiger partial charge in [-0.3, -0.25) is 4.90 Å². The Kier molecular flexibility index (Phi) is 4.92. The van der Waals surface area contributed by atoms with Crippen LogP contribution in [0.3, 0.4) is 0 Å². The van der Waals surface area contributed by atoms with Crippen LogP contribution in [0.25, 0.3) is 10.2 Å². The fourth-order valence-corrected chi connectivity index (χ4v) is 4.68. The molecular weight excluding hydrogens is 358 g/mol. The minimum absolute atomic E-state index is 0.116. The van der Waals surface area contributed by atoms with Gasteiger partial charge >= 0.3 is 0 Å². The van der Waals surface area contributed by atoms with Crippen LogP contribution in [-0.2, 0) is 0 Å². The lowest BCUT2D eigenvalue weighted by atomic mass is 9.96. The van der Waals surface area contributed by atoms with E-state index >= 15 is 0 Å². The van der Waals surface area contributed by atoms with Gasteiger partial charge in [0.15, 0.2) is 5.82 Å². The van der Waals surface area contributed by atoms with Gasteiger partial charge in [-0.25, -0.2) is 4.98 Å². The minimum atomic E-state index is 0.116. The molecule has 0 amide bonds. The highest BCUT2D eigenvalue weighted by Crippen LogP contribution is 2.35. The van der Waals surface area contributed by atoms with Gasteiger partial charge in [0.2, 0.25) is 11.9 Å². The van der Waals surface area contributed by atoms with Crippen molar-refractivity contribution in [1.82, 2.24) is 24.8 Å². The van der Waals surface area contributed by atoms with E-state index in [0.717, 1.165) is 37.3 Å². The topological polar surface area (TPSA) is 84.1 Å². The van der Waals surface area contributed by atoms with Gasteiger partial charge in [-0.15, -0.1) is 11.3 Å². The van der Waals surface area contributed by atoms with Crippen molar-refractivity contribution in [2.45, 2.75) is 31.7 Å². The summed E-state index contributed by atoms with van der Waals surface area (Å²) in [6.45, 7) is 4.15. The van der Waals surface area contributed by atoms with Gasteiger partial charge in [-0.05, 0) is 45.0 Å². The molecule has 0 bridgehead atoms. The number of para-hydroxylation sites is 1. The molecule has 0 saturated carbocycles. The summed E-state index contributed by atoms with van der Waals surface area (Å²) in [6.07, 6.45) is 2.20. The molecule has 1 aromatic carbocycles. The quantitative estimate of drug-likeness (QED) is 0.741. The number of aromatic nitrogens is 4. The molecule has 3 aromatic rings. The van der Waals surface area contributed by atoms with Crippen molar-refractivity contribution in [3.63, 3.8) is 0 Å². The van der Waals surface area contributed by atoms with Gasteiger partial charge in [0.25, 0.3) is 0 Å². The summed E-state index contributed by atoms with van der Waals surface area (Å²) in [5.74, 6) is 2.16. The number of hydrogen-bond donors (Lipinski definition) is 1. The number of rotatable bonds is 4. The lowest BCUT2D eigenvalue weighted by Crippen LogP contribution is -2.36. The highest BCUT2D eigenvalue weighted by atomic mass is 32.1. The van der Waals surface area contributed by atoms with Crippen LogP contribution in [-0.4, -0.2) is 52.0 Å². The Morgan fingerprint density at radius 2 is 1.85 bits per heavy atom. The van der Waals surface area contributed by atoms with Crippen LogP contribution >= 0.6 is 11.3 Å². The Morgan fingerprint density at radius 1 is 1.11 bits per heavy atom. The van der Waals surface area contributed by atoms with Crippen LogP contribution in [0.4, 0.5) is 11.9 Å². The maximum Gasteiger partial charge on any atom is 0.229 e. The monoisotopic (exact) mass is 383 g/mol. The second-order valence-corrected chi connectivity index (χ2v) is 8.31. The maximum absolute atomic E-state index is 5.89. The van der Waals surface area contributed by atoms with Crippen molar-refractivity contribution in [1.29, 1.82) is 0 Å². The first-order chi connectivity index (χ1) is 13.0. The molecule has 1 unspecified atom stereocenters. The average Bonchev–Trinajstić information content (AvgIpc) is 3.11. The smallest absolute Gasteiger partial charge is 0.229 e. The number of fused-ring (bicyclic) bond motifs is 1. The fraction of sp³-hybridized carbons (Fsp3) is 0.474. The third-order valence-electron chi connectivity index (χ3n) is 5.17. The standard InChI is InChI=1S/C19H25N7S/c1-12(16-22-18(20)24-19(23-16)25(2)3)26-10-8-13(9-11-26)17-21-14-6-4-5-7-15(14)27-17/h4-7,12-13H,8-11H2,1-3H3,(H2,20,22,23,24). The Morgan fingerprint density at radius 3 is 2.56 bits per heavy atom. The summed E-state index contributed by atoms with van der Waals surface area (Å²) >= 11 is 1.83. The van der Waals surface area contributed by atoms with Crippen molar-refractivity contribution in [3.8, 4) is 0 Å². The second-order valence-electron chi connectivity index (χ2n) is 7.25. The molecule has 0 spiro atoms. The maximum atomic E-state index is 5.89. The molecule has 3 heterocycles. The molecule has 2 N–H and O–H groups in total. The highest BCUT2D eigenvalue weighted by Gasteiger charge is 2.28. The zero-order chi connectivity index (χ0) is 19.0. The van der Waals surface area contributed by atoms with Crippen LogP contribution in [0.2, 0.25) is 0 Å². The van der Waals surface area contributed by atoms with Crippen LogP contribution in [0.1, 0.15) is 42.6 Å². The first kappa shape index (κ1) is 18.1. The number of anilines is 2. The normalized spacial score (nSPS) is 17.3. The van der Waals surface area contributed by atoms with E-state index in [0.29, 0.717) is 11.9 Å². The van der Waals surface area contributed by atoms with Crippen LogP contribution in [0.5, 0.6) is 0 Å². The van der Waals surface area contributed by atoms with Gasteiger partial charge in [-0.1, -0.05) is 12.1 Å². The van der Waals surface area contributed by atoms with Gasteiger partial charge < -0.3 is 10.6 Å². The van der Waals surface area contributed by atoms with E-state index in [1.165, 1.54) is 9.71 Å². The number of thiazole rings is 1. The third kappa shape index (κ3) is 3.72. The predicted octanol–water partition coefficient (Wildman–Crippen LogP) is 3.07. The summed E-state index contributed by atoms with van der Waals surface area (Å²) in [6, 6.07) is 8.50. The van der Waals surface area contributed by atoms with E-state index in [4.69, 9.17) is 10.7 Å². The van der Waals surface area contributed by atoms with Crippen molar-refractivity contribution in [2.24, 2.45) is 0 Å². The Bertz CT molecular complexity index is 898. The second kappa shape index (κ2) is 7.36. The summed E-state index contributed by atoms with van der Waals surface area (Å²) in [5.41, 5.74) is 7.00. The Labute approximate surface area is 163 Å². The molecular formula is C19H25N7S. The summed E-state index contributed by atoms with van der Waals surface area (Å²) in [5, 5.41) is 1.27. The molecule has 2 aromatic heterocycles. The SMILES string of the molecule is CC(c1nc(N)nc(N(C)C)n1)N1CCC(c2nc3ccccc3s2)CC1. The molecule has 4 rings (SSSR count). The number of likely N-dealkylation sites (tertiary alicyclic amines) is 1. The molecule has 1 saturated heterocycles. The zero-order valence-corrected chi connectivity index (χ0v) is 16.8.